The molecule has 0 N–H and O–H groups in total. The Kier molecular flexibility index (Phi) is 6.73. The van der Waals surface area contributed by atoms with Crippen LogP contribution in [0.3, 0.4) is 0 Å². The lowest BCUT2D eigenvalue weighted by molar-refractivity contribution is -0.196. The first kappa shape index (κ1) is 14.3. The average molecular weight is 232 g/mol. The predicted molar refractivity (Wildman–Crippen MR) is 50.1 cm³/mol. The normalized spacial score (nSPS) is 11.4. The molecule has 0 amide bonds. The molecule has 0 aliphatic rings. The second-order valence-electron chi connectivity index (χ2n) is 2.43. The molecule has 0 aliphatic heterocycles. The number of esters is 3. The Balaban J connectivity index is 4.25. The maximum Gasteiger partial charge on any atom is 0.384 e. The van der Waals surface area contributed by atoms with Crippen LogP contribution in [0.2, 0.25) is 0 Å². The first-order valence-corrected chi connectivity index (χ1v) is 4.14. The summed E-state index contributed by atoms with van der Waals surface area (Å²) < 4.78 is 17.6. The third kappa shape index (κ3) is 5.23. The summed E-state index contributed by atoms with van der Waals surface area (Å²) in [5, 5.41) is 0. The van der Waals surface area contributed by atoms with Crippen molar-refractivity contribution in [1.82, 2.24) is 0 Å². The van der Waals surface area contributed by atoms with Crippen molar-refractivity contribution in [3.63, 3.8) is 0 Å². The number of hydrogen-bond donors (Lipinski definition) is 0. The SMILES string of the molecule is C=CC(=O)OC(OC)C(=O)OC(=O)COC. The smallest absolute Gasteiger partial charge is 0.384 e. The van der Waals surface area contributed by atoms with Crippen LogP contribution in [0.5, 0.6) is 0 Å². The summed E-state index contributed by atoms with van der Waals surface area (Å²) in [6.07, 6.45) is -0.762. The molecule has 0 saturated carbocycles. The van der Waals surface area contributed by atoms with E-state index in [0.29, 0.717) is 0 Å². The van der Waals surface area contributed by atoms with Gasteiger partial charge in [-0.1, -0.05) is 6.58 Å². The van der Waals surface area contributed by atoms with Crippen molar-refractivity contribution in [2.45, 2.75) is 6.29 Å². The standard InChI is InChI=1S/C9H12O7/c1-4-6(10)16-9(14-3)8(12)15-7(11)5-13-2/h4,9H,1,5H2,2-3H3. The van der Waals surface area contributed by atoms with E-state index in [4.69, 9.17) is 0 Å². The Labute approximate surface area is 91.9 Å². The molecule has 0 heterocycles. The van der Waals surface area contributed by atoms with Crippen molar-refractivity contribution >= 4 is 17.9 Å². The first-order valence-electron chi connectivity index (χ1n) is 4.14. The van der Waals surface area contributed by atoms with Gasteiger partial charge in [0, 0.05) is 20.3 Å². The van der Waals surface area contributed by atoms with E-state index in [1.807, 2.05) is 0 Å². The van der Waals surface area contributed by atoms with Crippen molar-refractivity contribution in [1.29, 1.82) is 0 Å². The van der Waals surface area contributed by atoms with Crippen LogP contribution >= 0.6 is 0 Å². The van der Waals surface area contributed by atoms with Crippen LogP contribution in [0.4, 0.5) is 0 Å². The van der Waals surface area contributed by atoms with Gasteiger partial charge in [0.05, 0.1) is 0 Å². The lowest BCUT2D eigenvalue weighted by atomic mass is 10.6. The molecule has 0 aromatic carbocycles. The molecular formula is C9H12O7. The summed E-state index contributed by atoms with van der Waals surface area (Å²) in [4.78, 5) is 32.8. The summed E-state index contributed by atoms with van der Waals surface area (Å²) in [7, 11) is 2.38. The molecule has 0 saturated heterocycles. The van der Waals surface area contributed by atoms with E-state index in [0.717, 1.165) is 13.2 Å². The molecule has 0 bridgehead atoms. The molecule has 0 aromatic rings. The maximum absolute atomic E-state index is 11.2. The minimum absolute atomic E-state index is 0.391. The molecule has 0 rings (SSSR count). The van der Waals surface area contributed by atoms with Gasteiger partial charge in [0.2, 0.25) is 0 Å². The van der Waals surface area contributed by atoms with Crippen LogP contribution in [0.25, 0.3) is 0 Å². The van der Waals surface area contributed by atoms with E-state index < -0.39 is 30.8 Å². The van der Waals surface area contributed by atoms with Crippen molar-refractivity contribution in [3.05, 3.63) is 12.7 Å². The average Bonchev–Trinajstić information content (AvgIpc) is 2.25. The van der Waals surface area contributed by atoms with Crippen molar-refractivity contribution in [2.24, 2.45) is 0 Å². The van der Waals surface area contributed by atoms with E-state index in [-0.39, 0.29) is 0 Å². The molecule has 0 spiro atoms. The van der Waals surface area contributed by atoms with E-state index in [1.54, 1.807) is 0 Å². The lowest BCUT2D eigenvalue weighted by Gasteiger charge is -2.12. The molecule has 7 nitrogen and oxygen atoms in total. The number of methoxy groups -OCH3 is 2. The third-order valence-corrected chi connectivity index (χ3v) is 1.27. The van der Waals surface area contributed by atoms with Crippen LogP contribution in [0, 0.1) is 0 Å². The van der Waals surface area contributed by atoms with Gasteiger partial charge in [-0.3, -0.25) is 0 Å². The van der Waals surface area contributed by atoms with Gasteiger partial charge in [0.25, 0.3) is 0 Å². The minimum atomic E-state index is -1.61. The summed E-state index contributed by atoms with van der Waals surface area (Å²) in [5.74, 6) is -2.92. The second kappa shape index (κ2) is 7.55. The fourth-order valence-corrected chi connectivity index (χ4v) is 0.654. The summed E-state index contributed by atoms with van der Waals surface area (Å²) in [6, 6.07) is 0. The number of hydrogen-bond acceptors (Lipinski definition) is 7. The fourth-order valence-electron chi connectivity index (χ4n) is 0.654. The minimum Gasteiger partial charge on any atom is -0.421 e. The topological polar surface area (TPSA) is 88.1 Å². The Morgan fingerprint density at radius 3 is 2.38 bits per heavy atom. The Morgan fingerprint density at radius 1 is 1.31 bits per heavy atom. The van der Waals surface area contributed by atoms with Gasteiger partial charge in [0.15, 0.2) is 0 Å². The molecule has 1 unspecified atom stereocenters. The number of ether oxygens (including phenoxy) is 4. The fraction of sp³-hybridized carbons (Fsp3) is 0.444. The highest BCUT2D eigenvalue weighted by molar-refractivity contribution is 5.90. The van der Waals surface area contributed by atoms with E-state index in [9.17, 15) is 14.4 Å². The molecule has 0 radical (unpaired) electrons. The van der Waals surface area contributed by atoms with Gasteiger partial charge in [-0.05, 0) is 0 Å². The van der Waals surface area contributed by atoms with E-state index in [1.165, 1.54) is 7.11 Å². The van der Waals surface area contributed by atoms with Crippen LogP contribution in [0.1, 0.15) is 0 Å². The number of carbonyl (C=O) groups is 3. The van der Waals surface area contributed by atoms with Crippen molar-refractivity contribution < 1.29 is 33.3 Å². The predicted octanol–water partition coefficient (Wildman–Crippen LogP) is -0.596. The Bertz CT molecular complexity index is 284. The zero-order chi connectivity index (χ0) is 12.6. The first-order chi connectivity index (χ1) is 7.54. The van der Waals surface area contributed by atoms with Gasteiger partial charge in [0.1, 0.15) is 6.61 Å². The Hall–Kier alpha value is -1.73. The molecule has 0 aliphatic carbocycles. The van der Waals surface area contributed by atoms with Crippen molar-refractivity contribution in [3.8, 4) is 0 Å². The van der Waals surface area contributed by atoms with Crippen LogP contribution in [-0.2, 0) is 33.3 Å². The highest BCUT2D eigenvalue weighted by atomic mass is 16.7. The summed E-state index contributed by atoms with van der Waals surface area (Å²) in [5.41, 5.74) is 0. The van der Waals surface area contributed by atoms with Gasteiger partial charge >= 0.3 is 24.2 Å². The largest absolute Gasteiger partial charge is 0.421 e. The van der Waals surface area contributed by atoms with Gasteiger partial charge < -0.3 is 18.9 Å². The monoisotopic (exact) mass is 232 g/mol. The molecule has 1 atom stereocenters. The van der Waals surface area contributed by atoms with Crippen LogP contribution < -0.4 is 0 Å². The Morgan fingerprint density at radius 2 is 1.94 bits per heavy atom. The second-order valence-corrected chi connectivity index (χ2v) is 2.43. The zero-order valence-electron chi connectivity index (χ0n) is 8.93. The summed E-state index contributed by atoms with van der Waals surface area (Å²) in [6.45, 7) is 2.74. The lowest BCUT2D eigenvalue weighted by Crippen LogP contribution is -2.32. The zero-order valence-corrected chi connectivity index (χ0v) is 8.93. The maximum atomic E-state index is 11.2. The molecule has 16 heavy (non-hydrogen) atoms. The molecule has 0 aromatic heterocycles. The molecule has 0 fully saturated rings. The molecular weight excluding hydrogens is 220 g/mol. The highest BCUT2D eigenvalue weighted by Gasteiger charge is 2.25. The third-order valence-electron chi connectivity index (χ3n) is 1.27. The van der Waals surface area contributed by atoms with Crippen LogP contribution in [0.15, 0.2) is 12.7 Å². The summed E-state index contributed by atoms with van der Waals surface area (Å²) >= 11 is 0. The van der Waals surface area contributed by atoms with Gasteiger partial charge in [-0.15, -0.1) is 0 Å². The van der Waals surface area contributed by atoms with Gasteiger partial charge in [-0.25, -0.2) is 14.4 Å². The van der Waals surface area contributed by atoms with E-state index in [2.05, 4.69) is 25.5 Å². The number of rotatable bonds is 6. The quantitative estimate of drug-likeness (QED) is 0.261. The van der Waals surface area contributed by atoms with Crippen LogP contribution in [-0.4, -0.2) is 45.0 Å². The van der Waals surface area contributed by atoms with Crippen molar-refractivity contribution in [2.75, 3.05) is 20.8 Å². The van der Waals surface area contributed by atoms with Gasteiger partial charge in [-0.2, -0.15) is 0 Å². The van der Waals surface area contributed by atoms with E-state index >= 15 is 0 Å². The highest BCUT2D eigenvalue weighted by Crippen LogP contribution is 1.99. The number of carbonyl (C=O) groups excluding carboxylic acids is 3. The molecule has 7 heteroatoms. The molecule has 90 valence electrons.